The first-order valence-corrected chi connectivity index (χ1v) is 10.4. The minimum atomic E-state index is -4.57. The zero-order chi connectivity index (χ0) is 22.2. The Labute approximate surface area is 178 Å². The number of alkyl halides is 3. The smallest absolute Gasteiger partial charge is 0.425 e. The molecular formula is C22H23F3N4O2. The monoisotopic (exact) mass is 432 g/mol. The number of ether oxygens (including phenoxy) is 1. The van der Waals surface area contributed by atoms with Crippen molar-refractivity contribution in [2.45, 2.75) is 70.4 Å². The van der Waals surface area contributed by atoms with Crippen LogP contribution in [0.2, 0.25) is 0 Å². The van der Waals surface area contributed by atoms with E-state index in [0.29, 0.717) is 12.6 Å². The fourth-order valence-corrected chi connectivity index (χ4v) is 4.15. The maximum atomic E-state index is 13.1. The predicted octanol–water partition coefficient (Wildman–Crippen LogP) is 4.75. The number of hydrogen-bond acceptors (Lipinski definition) is 4. The molecular weight excluding hydrogens is 409 g/mol. The second-order valence-corrected chi connectivity index (χ2v) is 8.16. The van der Waals surface area contributed by atoms with Crippen molar-refractivity contribution < 1.29 is 22.7 Å². The van der Waals surface area contributed by atoms with Gasteiger partial charge in [-0.25, -0.2) is 0 Å². The van der Waals surface area contributed by atoms with E-state index in [-0.39, 0.29) is 23.4 Å². The molecule has 2 heterocycles. The first-order chi connectivity index (χ1) is 14.8. The van der Waals surface area contributed by atoms with Gasteiger partial charge in [0.2, 0.25) is 0 Å². The number of carbonyl (C=O) groups excluding carboxylic acids is 1. The van der Waals surface area contributed by atoms with E-state index in [0.717, 1.165) is 31.0 Å². The highest BCUT2D eigenvalue weighted by molar-refractivity contribution is 5.97. The van der Waals surface area contributed by atoms with Gasteiger partial charge in [0.05, 0.1) is 35.5 Å². The van der Waals surface area contributed by atoms with Gasteiger partial charge >= 0.3 is 6.18 Å². The fourth-order valence-electron chi connectivity index (χ4n) is 4.15. The van der Waals surface area contributed by atoms with Gasteiger partial charge in [-0.15, -0.1) is 0 Å². The first-order valence-electron chi connectivity index (χ1n) is 10.4. The molecule has 2 aliphatic rings. The van der Waals surface area contributed by atoms with Crippen molar-refractivity contribution >= 4 is 5.91 Å². The normalized spacial score (nSPS) is 17.8. The largest absolute Gasteiger partial charge is 0.480 e. The molecule has 1 atom stereocenters. The van der Waals surface area contributed by atoms with E-state index in [4.69, 9.17) is 10.00 Å². The molecule has 1 aliphatic heterocycles. The zero-order valence-corrected chi connectivity index (χ0v) is 17.2. The Balaban J connectivity index is 1.53. The number of amides is 1. The third-order valence-electron chi connectivity index (χ3n) is 5.94. The number of halogens is 3. The molecule has 0 saturated heterocycles. The minimum Gasteiger partial charge on any atom is -0.480 e. The van der Waals surface area contributed by atoms with Crippen LogP contribution >= 0.6 is 0 Å². The van der Waals surface area contributed by atoms with Gasteiger partial charge in [0.1, 0.15) is 5.75 Å². The molecule has 31 heavy (non-hydrogen) atoms. The zero-order valence-electron chi connectivity index (χ0n) is 17.2. The highest BCUT2D eigenvalue weighted by Crippen LogP contribution is 2.33. The van der Waals surface area contributed by atoms with E-state index in [2.05, 4.69) is 5.10 Å². The van der Waals surface area contributed by atoms with Gasteiger partial charge in [-0.3, -0.25) is 9.48 Å². The number of fused-ring (bicyclic) bond motifs is 1. The summed E-state index contributed by atoms with van der Waals surface area (Å²) < 4.78 is 45.9. The van der Waals surface area contributed by atoms with E-state index in [1.165, 1.54) is 42.4 Å². The molecule has 164 valence electrons. The summed E-state index contributed by atoms with van der Waals surface area (Å²) in [5, 5.41) is 13.8. The molecule has 4 rings (SSSR count). The number of rotatable bonds is 4. The number of benzene rings is 1. The van der Waals surface area contributed by atoms with Crippen LogP contribution in [0.25, 0.3) is 0 Å². The number of aromatic nitrogens is 2. The van der Waals surface area contributed by atoms with Crippen molar-refractivity contribution in [3.63, 3.8) is 0 Å². The third-order valence-corrected chi connectivity index (χ3v) is 5.94. The lowest BCUT2D eigenvalue weighted by molar-refractivity contribution is -0.189. The van der Waals surface area contributed by atoms with Crippen LogP contribution in [0.5, 0.6) is 5.75 Å². The van der Waals surface area contributed by atoms with Gasteiger partial charge in [0.25, 0.3) is 5.91 Å². The molecule has 0 bridgehead atoms. The van der Waals surface area contributed by atoms with Crippen molar-refractivity contribution in [1.29, 1.82) is 5.26 Å². The van der Waals surface area contributed by atoms with Gasteiger partial charge in [-0.2, -0.15) is 23.5 Å². The molecule has 2 aromatic rings. The Bertz CT molecular complexity index is 995. The van der Waals surface area contributed by atoms with Gasteiger partial charge in [-0.1, -0.05) is 19.3 Å². The lowest BCUT2D eigenvalue weighted by atomic mass is 9.96. The SMILES string of the molecule is C[C@H](Oc1ccc(C#N)cc1C(=O)N1Cc2cn(C3CCCCC3)nc2C1)C(F)(F)F. The van der Waals surface area contributed by atoms with E-state index >= 15 is 0 Å². The minimum absolute atomic E-state index is 0.0551. The van der Waals surface area contributed by atoms with E-state index in [1.54, 1.807) is 0 Å². The lowest BCUT2D eigenvalue weighted by Gasteiger charge is -2.23. The van der Waals surface area contributed by atoms with Crippen molar-refractivity contribution in [3.05, 3.63) is 46.8 Å². The average Bonchev–Trinajstić information content (AvgIpc) is 3.33. The summed E-state index contributed by atoms with van der Waals surface area (Å²) in [6.45, 7) is 1.48. The summed E-state index contributed by atoms with van der Waals surface area (Å²) in [5.74, 6) is -0.672. The molecule has 0 N–H and O–H groups in total. The van der Waals surface area contributed by atoms with Crippen LogP contribution in [0.15, 0.2) is 24.4 Å². The Morgan fingerprint density at radius 1 is 1.26 bits per heavy atom. The molecule has 0 unspecified atom stereocenters. The standard InChI is InChI=1S/C22H23F3N4O2/c1-14(22(23,24)25)31-20-8-7-15(10-26)9-18(20)21(30)28-11-16-12-29(27-19(16)13-28)17-5-3-2-4-6-17/h7-9,12,14,17H,2-6,11,13H2,1H3/t14-/m0/s1. The molecule has 1 aromatic heterocycles. The van der Waals surface area contributed by atoms with Crippen LogP contribution < -0.4 is 4.74 Å². The predicted molar refractivity (Wildman–Crippen MR) is 105 cm³/mol. The molecule has 0 spiro atoms. The van der Waals surface area contributed by atoms with E-state index in [1.807, 2.05) is 16.9 Å². The molecule has 1 fully saturated rings. The van der Waals surface area contributed by atoms with Gasteiger partial charge < -0.3 is 9.64 Å². The van der Waals surface area contributed by atoms with Crippen LogP contribution in [-0.4, -0.2) is 32.9 Å². The Hall–Kier alpha value is -3.02. The average molecular weight is 432 g/mol. The fraction of sp³-hybridized carbons (Fsp3) is 0.500. The molecule has 6 nitrogen and oxygen atoms in total. The number of carbonyl (C=O) groups is 1. The van der Waals surface area contributed by atoms with Crippen LogP contribution in [0.4, 0.5) is 13.2 Å². The van der Waals surface area contributed by atoms with Gasteiger partial charge in [0, 0.05) is 18.3 Å². The first kappa shape index (κ1) is 21.2. The summed E-state index contributed by atoms with van der Waals surface area (Å²) in [6.07, 6.45) is 1.15. The number of hydrogen-bond donors (Lipinski definition) is 0. The van der Waals surface area contributed by atoms with Gasteiger partial charge in [-0.05, 0) is 38.0 Å². The van der Waals surface area contributed by atoms with Crippen LogP contribution in [0, 0.1) is 11.3 Å². The van der Waals surface area contributed by atoms with E-state index < -0.39 is 18.2 Å². The number of nitriles is 1. The van der Waals surface area contributed by atoms with Crippen molar-refractivity contribution in [2.24, 2.45) is 0 Å². The van der Waals surface area contributed by atoms with Gasteiger partial charge in [0.15, 0.2) is 6.10 Å². The third kappa shape index (κ3) is 4.38. The molecule has 9 heteroatoms. The van der Waals surface area contributed by atoms with E-state index in [9.17, 15) is 18.0 Å². The highest BCUT2D eigenvalue weighted by Gasteiger charge is 2.39. The second-order valence-electron chi connectivity index (χ2n) is 8.16. The Morgan fingerprint density at radius 2 is 2.00 bits per heavy atom. The molecule has 1 aromatic carbocycles. The summed E-state index contributed by atoms with van der Waals surface area (Å²) in [5.41, 5.74) is 1.87. The van der Waals surface area contributed by atoms with Crippen molar-refractivity contribution in [3.8, 4) is 11.8 Å². The highest BCUT2D eigenvalue weighted by atomic mass is 19.4. The summed E-state index contributed by atoms with van der Waals surface area (Å²) in [4.78, 5) is 14.7. The van der Waals surface area contributed by atoms with Crippen molar-refractivity contribution in [2.75, 3.05) is 0 Å². The van der Waals surface area contributed by atoms with Crippen LogP contribution in [-0.2, 0) is 13.1 Å². The molecule has 1 amide bonds. The summed E-state index contributed by atoms with van der Waals surface area (Å²) in [6, 6.07) is 6.16. The molecule has 0 radical (unpaired) electrons. The topological polar surface area (TPSA) is 71.2 Å². The maximum absolute atomic E-state index is 13.1. The Kier molecular flexibility index (Phi) is 5.65. The molecule has 1 saturated carbocycles. The summed E-state index contributed by atoms with van der Waals surface area (Å²) >= 11 is 0. The summed E-state index contributed by atoms with van der Waals surface area (Å²) in [7, 11) is 0. The molecule has 1 aliphatic carbocycles. The van der Waals surface area contributed by atoms with Crippen molar-refractivity contribution in [1.82, 2.24) is 14.7 Å². The quantitative estimate of drug-likeness (QED) is 0.699. The Morgan fingerprint density at radius 3 is 2.65 bits per heavy atom. The maximum Gasteiger partial charge on any atom is 0.425 e. The van der Waals surface area contributed by atoms with Crippen LogP contribution in [0.1, 0.15) is 72.2 Å². The second kappa shape index (κ2) is 8.25. The van der Waals surface area contributed by atoms with Crippen LogP contribution in [0.3, 0.4) is 0 Å². The lowest BCUT2D eigenvalue weighted by Crippen LogP contribution is -2.32. The number of nitrogens with zero attached hydrogens (tertiary/aromatic N) is 4.